The van der Waals surface area contributed by atoms with Crippen LogP contribution in [0.15, 0.2) is 36.4 Å². The Morgan fingerprint density at radius 3 is 2.30 bits per heavy atom. The van der Waals surface area contributed by atoms with Gasteiger partial charge in [-0.25, -0.2) is 10.2 Å². The molecule has 1 aliphatic rings. The topological polar surface area (TPSA) is 159 Å². The minimum Gasteiger partial charge on any atom is -0.468 e. The van der Waals surface area contributed by atoms with Gasteiger partial charge in [0.2, 0.25) is 11.8 Å². The van der Waals surface area contributed by atoms with Crippen molar-refractivity contribution in [1.82, 2.24) is 31.0 Å². The average molecular weight is 695 g/mol. The van der Waals surface area contributed by atoms with E-state index in [2.05, 4.69) is 16.1 Å². The maximum Gasteiger partial charge on any atom is 0.408 e. The molecule has 1 aromatic carbocycles. The first-order valence-corrected chi connectivity index (χ1v) is 17.1. The summed E-state index contributed by atoms with van der Waals surface area (Å²) in [7, 11) is 3.08. The number of hydrazine groups is 1. The van der Waals surface area contributed by atoms with Crippen LogP contribution in [-0.2, 0) is 28.7 Å². The van der Waals surface area contributed by atoms with E-state index in [9.17, 15) is 24.0 Å². The highest BCUT2D eigenvalue weighted by Gasteiger charge is 2.35. The lowest BCUT2D eigenvalue weighted by Gasteiger charge is -2.37. The lowest BCUT2D eigenvalue weighted by molar-refractivity contribution is -0.148. The quantitative estimate of drug-likeness (QED) is 0.288. The van der Waals surface area contributed by atoms with E-state index in [1.165, 1.54) is 12.1 Å². The first kappa shape index (κ1) is 39.9. The van der Waals surface area contributed by atoms with E-state index in [0.29, 0.717) is 25.1 Å². The van der Waals surface area contributed by atoms with Crippen molar-refractivity contribution < 1.29 is 33.4 Å². The van der Waals surface area contributed by atoms with Crippen LogP contribution in [0.1, 0.15) is 92.5 Å². The van der Waals surface area contributed by atoms with Gasteiger partial charge in [0.15, 0.2) is 0 Å². The summed E-state index contributed by atoms with van der Waals surface area (Å²) in [5, 5.41) is 7.62. The van der Waals surface area contributed by atoms with Gasteiger partial charge in [0.25, 0.3) is 5.91 Å². The highest BCUT2D eigenvalue weighted by atomic mass is 16.6. The van der Waals surface area contributed by atoms with Crippen molar-refractivity contribution in [3.05, 3.63) is 47.7 Å². The van der Waals surface area contributed by atoms with Gasteiger partial charge in [0.05, 0.1) is 29.8 Å². The fourth-order valence-corrected chi connectivity index (χ4v) is 5.45. The van der Waals surface area contributed by atoms with Crippen LogP contribution in [0, 0.1) is 11.3 Å². The first-order valence-electron chi connectivity index (χ1n) is 17.1. The molecule has 0 aliphatic carbocycles. The summed E-state index contributed by atoms with van der Waals surface area (Å²) in [6, 6.07) is 6.82. The van der Waals surface area contributed by atoms with E-state index in [1.54, 1.807) is 73.4 Å². The van der Waals surface area contributed by atoms with Crippen LogP contribution in [0.25, 0.3) is 17.0 Å². The second kappa shape index (κ2) is 16.5. The lowest BCUT2D eigenvalue weighted by atomic mass is 9.92. The third kappa shape index (κ3) is 10.5. The molecule has 274 valence electrons. The molecule has 1 fully saturated rings. The maximum atomic E-state index is 13.7. The Labute approximate surface area is 295 Å². The number of aromatic nitrogens is 1. The molecule has 0 saturated carbocycles. The number of amides is 4. The summed E-state index contributed by atoms with van der Waals surface area (Å²) < 4.78 is 10.2. The molecule has 3 N–H and O–H groups in total. The minimum absolute atomic E-state index is 0.197. The number of carbonyl (C=O) groups is 5. The van der Waals surface area contributed by atoms with Gasteiger partial charge < -0.3 is 25.0 Å². The van der Waals surface area contributed by atoms with E-state index in [-0.39, 0.29) is 23.8 Å². The molecule has 0 bridgehead atoms. The predicted octanol–water partition coefficient (Wildman–Crippen LogP) is 4.52. The summed E-state index contributed by atoms with van der Waals surface area (Å²) in [6.45, 7) is 16.2. The van der Waals surface area contributed by atoms with Gasteiger partial charge in [0, 0.05) is 19.0 Å². The molecule has 13 heteroatoms. The van der Waals surface area contributed by atoms with Gasteiger partial charge in [0.1, 0.15) is 23.7 Å². The number of pyridine rings is 1. The van der Waals surface area contributed by atoms with Crippen LogP contribution in [0.3, 0.4) is 0 Å². The molecule has 4 amide bonds. The van der Waals surface area contributed by atoms with Gasteiger partial charge in [-0.3, -0.25) is 29.2 Å². The van der Waals surface area contributed by atoms with Crippen molar-refractivity contribution in [1.29, 1.82) is 0 Å². The van der Waals surface area contributed by atoms with E-state index < -0.39 is 47.0 Å². The van der Waals surface area contributed by atoms with Gasteiger partial charge in [-0.1, -0.05) is 44.2 Å². The molecule has 2 aromatic rings. The zero-order valence-electron chi connectivity index (χ0n) is 31.2. The zero-order chi connectivity index (χ0) is 37.6. The Balaban J connectivity index is 1.66. The van der Waals surface area contributed by atoms with E-state index >= 15 is 0 Å². The SMILES string of the molecule is COC(=O)C(C)(C)/C=C/c1ccc2ccc([C@@H](C)N(C)C(=O)[C@@H]3CCCN(C(=O)[C@H](C)NC(=O)C(NC(=O)OC(C)(C)C)C(C)C)N3)nc2c1. The first-order chi connectivity index (χ1) is 23.2. The van der Waals surface area contributed by atoms with Gasteiger partial charge in [-0.2, -0.15) is 0 Å². The number of likely N-dealkylation sites (N-methyl/N-ethyl adjacent to an activating group) is 1. The molecule has 2 heterocycles. The van der Waals surface area contributed by atoms with Crippen molar-refractivity contribution in [3.8, 4) is 0 Å². The van der Waals surface area contributed by atoms with E-state index in [1.807, 2.05) is 43.3 Å². The molecular weight excluding hydrogens is 640 g/mol. The zero-order valence-corrected chi connectivity index (χ0v) is 31.2. The fourth-order valence-electron chi connectivity index (χ4n) is 5.45. The highest BCUT2D eigenvalue weighted by molar-refractivity contribution is 5.91. The number of methoxy groups -OCH3 is 1. The largest absolute Gasteiger partial charge is 0.468 e. The number of fused-ring (bicyclic) bond motifs is 1. The number of ether oxygens (including phenoxy) is 2. The maximum absolute atomic E-state index is 13.7. The molecule has 1 unspecified atom stereocenters. The predicted molar refractivity (Wildman–Crippen MR) is 191 cm³/mol. The Bertz CT molecular complexity index is 1600. The number of nitrogens with zero attached hydrogens (tertiary/aromatic N) is 3. The van der Waals surface area contributed by atoms with Gasteiger partial charge in [-0.05, 0) is 84.9 Å². The van der Waals surface area contributed by atoms with Crippen LogP contribution < -0.4 is 16.1 Å². The van der Waals surface area contributed by atoms with Crippen molar-refractivity contribution in [2.24, 2.45) is 11.3 Å². The molecule has 0 spiro atoms. The number of rotatable bonds is 11. The van der Waals surface area contributed by atoms with Gasteiger partial charge >= 0.3 is 12.1 Å². The number of benzene rings is 1. The highest BCUT2D eigenvalue weighted by Crippen LogP contribution is 2.25. The Kier molecular flexibility index (Phi) is 13.1. The normalized spacial score (nSPS) is 17.2. The molecule has 50 heavy (non-hydrogen) atoms. The van der Waals surface area contributed by atoms with Crippen LogP contribution in [0.2, 0.25) is 0 Å². The number of alkyl carbamates (subject to hydrolysis) is 1. The number of carbonyl (C=O) groups excluding carboxylic acids is 5. The second-order valence-corrected chi connectivity index (χ2v) is 14.8. The number of esters is 1. The van der Waals surface area contributed by atoms with Crippen LogP contribution in [-0.4, -0.2) is 89.1 Å². The number of hydrogen-bond donors (Lipinski definition) is 3. The number of hydrogen-bond acceptors (Lipinski definition) is 9. The van der Waals surface area contributed by atoms with Crippen molar-refractivity contribution in [2.45, 2.75) is 105 Å². The molecule has 1 aromatic heterocycles. The van der Waals surface area contributed by atoms with Crippen molar-refractivity contribution in [3.63, 3.8) is 0 Å². The average Bonchev–Trinajstić information content (AvgIpc) is 3.06. The second-order valence-electron chi connectivity index (χ2n) is 14.8. The van der Waals surface area contributed by atoms with E-state index in [0.717, 1.165) is 16.5 Å². The fraction of sp³-hybridized carbons (Fsp3) is 0.568. The van der Waals surface area contributed by atoms with Crippen molar-refractivity contribution >= 4 is 46.8 Å². The summed E-state index contributed by atoms with van der Waals surface area (Å²) in [4.78, 5) is 71.1. The summed E-state index contributed by atoms with van der Waals surface area (Å²) >= 11 is 0. The smallest absolute Gasteiger partial charge is 0.408 e. The summed E-state index contributed by atoms with van der Waals surface area (Å²) in [5.74, 6) is -1.71. The molecule has 13 nitrogen and oxygen atoms in total. The van der Waals surface area contributed by atoms with Crippen LogP contribution >= 0.6 is 0 Å². The molecule has 4 atom stereocenters. The minimum atomic E-state index is -0.921. The van der Waals surface area contributed by atoms with Crippen molar-refractivity contribution in [2.75, 3.05) is 20.7 Å². The standard InChI is InChI=1S/C37H54N6O7/c1-22(2)30(40-35(48)50-36(5,6)7)31(44)38-23(3)32(45)43-20-12-13-28(41-43)33(46)42(10)24(4)27-17-16-26-15-14-25(21-29(26)39-27)18-19-37(8,9)34(47)49-11/h14-19,21-24,28,30,41H,12-13,20H2,1-11H3,(H,38,44)(H,40,48)/b19-18+/t23-,24+,28-,30?/m0/s1. The van der Waals surface area contributed by atoms with Gasteiger partial charge in [-0.15, -0.1) is 0 Å². The molecule has 3 rings (SSSR count). The Morgan fingerprint density at radius 1 is 1.02 bits per heavy atom. The monoisotopic (exact) mass is 694 g/mol. The van der Waals surface area contributed by atoms with Crippen LogP contribution in [0.4, 0.5) is 4.79 Å². The molecule has 1 saturated heterocycles. The third-order valence-corrected chi connectivity index (χ3v) is 8.60. The Hall–Kier alpha value is -4.52. The third-order valence-electron chi connectivity index (χ3n) is 8.60. The summed E-state index contributed by atoms with van der Waals surface area (Å²) in [6.07, 6.45) is 4.05. The van der Waals surface area contributed by atoms with Crippen LogP contribution in [0.5, 0.6) is 0 Å². The Morgan fingerprint density at radius 2 is 1.68 bits per heavy atom. The molecule has 1 aliphatic heterocycles. The lowest BCUT2D eigenvalue weighted by Crippen LogP contribution is -2.62. The molecular formula is C37H54N6O7. The number of nitrogens with one attached hydrogen (secondary N) is 3. The molecule has 0 radical (unpaired) electrons. The summed E-state index contributed by atoms with van der Waals surface area (Å²) in [5.41, 5.74) is 3.87. The van der Waals surface area contributed by atoms with E-state index in [4.69, 9.17) is 14.5 Å².